The van der Waals surface area contributed by atoms with Gasteiger partial charge in [0.2, 0.25) is 0 Å². The number of benzene rings is 2. The van der Waals surface area contributed by atoms with Gasteiger partial charge in [0.1, 0.15) is 12.7 Å². The molecule has 4 rings (SSSR count). The van der Waals surface area contributed by atoms with Crippen LogP contribution < -0.4 is 4.57 Å². The first kappa shape index (κ1) is 16.9. The van der Waals surface area contributed by atoms with Gasteiger partial charge in [-0.2, -0.15) is 0 Å². The molecule has 0 saturated heterocycles. The Morgan fingerprint density at radius 3 is 2.48 bits per heavy atom. The Morgan fingerprint density at radius 2 is 1.72 bits per heavy atom. The fourth-order valence-electron chi connectivity index (χ4n) is 3.62. The van der Waals surface area contributed by atoms with Crippen molar-refractivity contribution in [3.63, 3.8) is 0 Å². The van der Waals surface area contributed by atoms with E-state index in [9.17, 15) is 0 Å². The van der Waals surface area contributed by atoms with Gasteiger partial charge in [-0.3, -0.25) is 0 Å². The summed E-state index contributed by atoms with van der Waals surface area (Å²) in [7, 11) is 0. The van der Waals surface area contributed by atoms with Gasteiger partial charge in [-0.25, -0.2) is 9.13 Å². The quantitative estimate of drug-likeness (QED) is 0.489. The van der Waals surface area contributed by atoms with Crippen molar-refractivity contribution >= 4 is 27.5 Å². The van der Waals surface area contributed by atoms with Crippen molar-refractivity contribution in [2.24, 2.45) is 0 Å². The number of aromatic nitrogens is 2. The number of halogens is 2. The number of nitrogens with zero attached hydrogens (tertiary/aromatic N) is 2. The number of imidazole rings is 1. The van der Waals surface area contributed by atoms with Gasteiger partial charge in [0.15, 0.2) is 5.69 Å². The maximum absolute atomic E-state index is 6.08. The lowest BCUT2D eigenvalue weighted by atomic mass is 10.1. The van der Waals surface area contributed by atoms with E-state index < -0.39 is 0 Å². The third-order valence-corrected chi connectivity index (χ3v) is 5.68. The molecular weight excluding hydrogens is 396 g/mol. The summed E-state index contributed by atoms with van der Waals surface area (Å²) in [5.41, 5.74) is 3.86. The Balaban J connectivity index is 1.76. The summed E-state index contributed by atoms with van der Waals surface area (Å²) in [6.45, 7) is 2.01. The zero-order valence-electron chi connectivity index (χ0n) is 14.1. The van der Waals surface area contributed by atoms with Crippen LogP contribution in [0.1, 0.15) is 30.7 Å². The van der Waals surface area contributed by atoms with E-state index in [1.807, 2.05) is 12.1 Å². The summed E-state index contributed by atoms with van der Waals surface area (Å²) in [6.07, 6.45) is 7.28. The Hall–Kier alpha value is -1.58. The van der Waals surface area contributed by atoms with Crippen LogP contribution in [0, 0.1) is 0 Å². The molecule has 2 aromatic carbocycles. The first-order valence-electron chi connectivity index (χ1n) is 8.83. The second-order valence-electron chi connectivity index (χ2n) is 6.65. The second-order valence-corrected chi connectivity index (χ2v) is 8.01. The molecular formula is C21H21BrClN2+. The molecule has 4 heteroatoms. The Morgan fingerprint density at radius 1 is 0.960 bits per heavy atom. The van der Waals surface area contributed by atoms with E-state index in [0.717, 1.165) is 29.0 Å². The molecule has 0 spiro atoms. The highest BCUT2D eigenvalue weighted by Gasteiger charge is 2.25. The molecule has 25 heavy (non-hydrogen) atoms. The zero-order valence-corrected chi connectivity index (χ0v) is 16.4. The smallest absolute Gasteiger partial charge is 0.229 e. The molecule has 1 aromatic heterocycles. The van der Waals surface area contributed by atoms with Crippen molar-refractivity contribution in [3.05, 3.63) is 75.6 Å². The molecule has 0 atom stereocenters. The monoisotopic (exact) mass is 415 g/mol. The highest BCUT2D eigenvalue weighted by atomic mass is 79.9. The van der Waals surface area contributed by atoms with Crippen molar-refractivity contribution in [1.82, 2.24) is 4.57 Å². The number of fused-ring (bicyclic) bond motifs is 1. The van der Waals surface area contributed by atoms with E-state index >= 15 is 0 Å². The molecule has 0 saturated carbocycles. The van der Waals surface area contributed by atoms with Crippen LogP contribution in [0.2, 0.25) is 5.02 Å². The lowest BCUT2D eigenvalue weighted by molar-refractivity contribution is -0.695. The van der Waals surface area contributed by atoms with Gasteiger partial charge < -0.3 is 0 Å². The van der Waals surface area contributed by atoms with Gasteiger partial charge in [0, 0.05) is 21.5 Å². The van der Waals surface area contributed by atoms with Gasteiger partial charge in [-0.05, 0) is 61.2 Å². The van der Waals surface area contributed by atoms with E-state index in [1.54, 1.807) is 0 Å². The minimum Gasteiger partial charge on any atom is -0.229 e. The van der Waals surface area contributed by atoms with Gasteiger partial charge >= 0.3 is 0 Å². The number of hydrogen-bond acceptors (Lipinski definition) is 0. The third-order valence-electron chi connectivity index (χ3n) is 4.90. The van der Waals surface area contributed by atoms with Crippen molar-refractivity contribution < 1.29 is 4.57 Å². The standard InChI is InChI=1S/C21H21BrClN2/c22-18-9-5-16(6-10-18)14-24-15-20(17-7-11-19(23)12-8-17)25-13-3-1-2-4-21(24)25/h5-12,15H,1-4,13-14H2/q+1. The highest BCUT2D eigenvalue weighted by molar-refractivity contribution is 9.10. The van der Waals surface area contributed by atoms with Gasteiger partial charge in [-0.1, -0.05) is 39.7 Å². The molecule has 3 aromatic rings. The Kier molecular flexibility index (Phi) is 4.96. The first-order chi connectivity index (χ1) is 12.2. The molecule has 128 valence electrons. The average Bonchev–Trinajstić information content (AvgIpc) is 2.80. The van der Waals surface area contributed by atoms with E-state index in [0.29, 0.717) is 0 Å². The van der Waals surface area contributed by atoms with Crippen LogP contribution in [0.15, 0.2) is 59.2 Å². The van der Waals surface area contributed by atoms with Crippen molar-refractivity contribution in [2.45, 2.75) is 38.8 Å². The van der Waals surface area contributed by atoms with Crippen molar-refractivity contribution in [1.29, 1.82) is 0 Å². The molecule has 0 fully saturated rings. The van der Waals surface area contributed by atoms with Crippen LogP contribution in [0.5, 0.6) is 0 Å². The minimum atomic E-state index is 0.786. The maximum atomic E-state index is 6.08. The van der Waals surface area contributed by atoms with Crippen LogP contribution in [0.4, 0.5) is 0 Å². The molecule has 0 bridgehead atoms. The van der Waals surface area contributed by atoms with Crippen LogP contribution >= 0.6 is 27.5 Å². The van der Waals surface area contributed by atoms with Crippen LogP contribution in [0.25, 0.3) is 11.3 Å². The summed E-state index contributed by atoms with van der Waals surface area (Å²) < 4.78 is 6.06. The molecule has 1 aliphatic rings. The predicted octanol–water partition coefficient (Wildman–Crippen LogP) is 5.63. The normalized spacial score (nSPS) is 14.2. The lowest BCUT2D eigenvalue weighted by Gasteiger charge is -2.03. The molecule has 0 radical (unpaired) electrons. The number of hydrogen-bond donors (Lipinski definition) is 0. The van der Waals surface area contributed by atoms with Gasteiger partial charge in [-0.15, -0.1) is 0 Å². The largest absolute Gasteiger partial charge is 0.257 e. The summed E-state index contributed by atoms with van der Waals surface area (Å²) in [5, 5.41) is 0.786. The molecule has 0 N–H and O–H groups in total. The summed E-state index contributed by atoms with van der Waals surface area (Å²) >= 11 is 9.60. The lowest BCUT2D eigenvalue weighted by Crippen LogP contribution is -2.37. The van der Waals surface area contributed by atoms with E-state index in [4.69, 9.17) is 11.6 Å². The molecule has 0 aliphatic carbocycles. The van der Waals surface area contributed by atoms with Gasteiger partial charge in [0.05, 0.1) is 6.54 Å². The Labute approximate surface area is 162 Å². The van der Waals surface area contributed by atoms with E-state index in [1.165, 1.54) is 41.9 Å². The van der Waals surface area contributed by atoms with Gasteiger partial charge in [0.25, 0.3) is 5.82 Å². The minimum absolute atomic E-state index is 0.786. The number of rotatable bonds is 3. The Bertz CT molecular complexity index is 866. The van der Waals surface area contributed by atoms with E-state index in [-0.39, 0.29) is 0 Å². The van der Waals surface area contributed by atoms with Crippen molar-refractivity contribution in [2.75, 3.05) is 0 Å². The predicted molar refractivity (Wildman–Crippen MR) is 106 cm³/mol. The molecule has 2 heterocycles. The van der Waals surface area contributed by atoms with Crippen LogP contribution in [0.3, 0.4) is 0 Å². The second kappa shape index (κ2) is 7.35. The highest BCUT2D eigenvalue weighted by Crippen LogP contribution is 2.25. The zero-order chi connectivity index (χ0) is 17.2. The van der Waals surface area contributed by atoms with Crippen LogP contribution in [-0.2, 0) is 19.5 Å². The van der Waals surface area contributed by atoms with Crippen molar-refractivity contribution in [3.8, 4) is 11.3 Å². The third kappa shape index (κ3) is 3.68. The summed E-state index contributed by atoms with van der Waals surface area (Å²) in [6, 6.07) is 16.8. The fraction of sp³-hybridized carbons (Fsp3) is 0.286. The van der Waals surface area contributed by atoms with Crippen LogP contribution in [-0.4, -0.2) is 4.57 Å². The molecule has 2 nitrogen and oxygen atoms in total. The molecule has 0 unspecified atom stereocenters. The summed E-state index contributed by atoms with van der Waals surface area (Å²) in [4.78, 5) is 0. The summed E-state index contributed by atoms with van der Waals surface area (Å²) in [5.74, 6) is 1.44. The molecule has 1 aliphatic heterocycles. The first-order valence-corrected chi connectivity index (χ1v) is 10.00. The van der Waals surface area contributed by atoms with E-state index in [2.05, 4.69) is 67.7 Å². The average molecular weight is 417 g/mol. The topological polar surface area (TPSA) is 8.81 Å². The fourth-order valence-corrected chi connectivity index (χ4v) is 4.01. The SMILES string of the molecule is Clc1ccc(-c2c[n+](Cc3ccc(Br)cc3)c3n2CCCCC3)cc1. The molecule has 0 amide bonds. The maximum Gasteiger partial charge on any atom is 0.257 e.